The van der Waals surface area contributed by atoms with Crippen molar-refractivity contribution in [3.8, 4) is 0 Å². The molecular weight excluding hydrogens is 242 g/mol. The van der Waals surface area contributed by atoms with Crippen LogP contribution in [0.25, 0.3) is 10.9 Å². The van der Waals surface area contributed by atoms with Crippen LogP contribution in [0.4, 0.5) is 11.8 Å². The van der Waals surface area contributed by atoms with Crippen LogP contribution in [-0.2, 0) is 0 Å². The first-order chi connectivity index (χ1) is 9.26. The van der Waals surface area contributed by atoms with Crippen LogP contribution in [0.3, 0.4) is 0 Å². The maximum Gasteiger partial charge on any atom is 0.239 e. The summed E-state index contributed by atoms with van der Waals surface area (Å²) in [5.41, 5.74) is 3.05. The van der Waals surface area contributed by atoms with E-state index in [-0.39, 0.29) is 12.1 Å². The zero-order chi connectivity index (χ0) is 13.3. The second-order valence-electron chi connectivity index (χ2n) is 4.97. The van der Waals surface area contributed by atoms with E-state index in [1.807, 2.05) is 24.3 Å². The Balaban J connectivity index is 2.05. The highest BCUT2D eigenvalue weighted by atomic mass is 16.3. The van der Waals surface area contributed by atoms with E-state index in [9.17, 15) is 5.11 Å². The molecule has 6 nitrogen and oxygen atoms in total. The molecule has 5 N–H and O–H groups in total. The molecule has 100 valence electrons. The fourth-order valence-electron chi connectivity index (χ4n) is 2.41. The third-order valence-electron chi connectivity index (χ3n) is 3.73. The molecule has 6 heteroatoms. The minimum atomic E-state index is -0.247. The van der Waals surface area contributed by atoms with Gasteiger partial charge in [-0.25, -0.2) is 10.8 Å². The molecule has 1 aromatic carbocycles. The van der Waals surface area contributed by atoms with Gasteiger partial charge in [-0.2, -0.15) is 4.98 Å². The Kier molecular flexibility index (Phi) is 2.96. The van der Waals surface area contributed by atoms with Crippen LogP contribution < -0.4 is 16.6 Å². The fraction of sp³-hybridized carbons (Fsp3) is 0.385. The minimum absolute atomic E-state index is 0.108. The highest BCUT2D eigenvalue weighted by Crippen LogP contribution is 2.36. The molecule has 3 rings (SSSR count). The Bertz CT molecular complexity index is 591. The van der Waals surface area contributed by atoms with Gasteiger partial charge in [0, 0.05) is 5.39 Å². The lowest BCUT2D eigenvalue weighted by Crippen LogP contribution is -2.48. The number of aromatic nitrogens is 2. The predicted octanol–water partition coefficient (Wildman–Crippen LogP) is 1.24. The Morgan fingerprint density at radius 1 is 1.26 bits per heavy atom. The summed E-state index contributed by atoms with van der Waals surface area (Å²) in [4.78, 5) is 8.67. The largest absolute Gasteiger partial charge is 0.394 e. The van der Waals surface area contributed by atoms with Crippen LogP contribution in [0.5, 0.6) is 0 Å². The lowest BCUT2D eigenvalue weighted by atomic mass is 9.77. The van der Waals surface area contributed by atoms with E-state index >= 15 is 0 Å². The number of para-hydroxylation sites is 1. The summed E-state index contributed by atoms with van der Waals surface area (Å²) in [6, 6.07) is 7.74. The van der Waals surface area contributed by atoms with Gasteiger partial charge < -0.3 is 10.4 Å². The number of fused-ring (bicyclic) bond motifs is 1. The summed E-state index contributed by atoms with van der Waals surface area (Å²) in [5, 5.41) is 13.8. The van der Waals surface area contributed by atoms with E-state index in [0.29, 0.717) is 11.8 Å². The van der Waals surface area contributed by atoms with Gasteiger partial charge in [0.15, 0.2) is 0 Å². The quantitative estimate of drug-likeness (QED) is 0.487. The van der Waals surface area contributed by atoms with Crippen molar-refractivity contribution in [2.45, 2.75) is 24.8 Å². The summed E-state index contributed by atoms with van der Waals surface area (Å²) in [6.07, 6.45) is 3.03. The number of nitrogens with two attached hydrogens (primary N) is 1. The van der Waals surface area contributed by atoms with E-state index < -0.39 is 0 Å². The molecule has 0 unspecified atom stereocenters. The Labute approximate surface area is 111 Å². The van der Waals surface area contributed by atoms with Crippen LogP contribution in [0.2, 0.25) is 0 Å². The number of benzene rings is 1. The van der Waals surface area contributed by atoms with Crippen molar-refractivity contribution < 1.29 is 5.11 Å². The Morgan fingerprint density at radius 3 is 2.68 bits per heavy atom. The van der Waals surface area contributed by atoms with E-state index in [4.69, 9.17) is 5.84 Å². The SMILES string of the molecule is NNc1nc(NC2(CO)CCC2)c2ccccc2n1. The zero-order valence-electron chi connectivity index (χ0n) is 10.6. The summed E-state index contributed by atoms with van der Waals surface area (Å²) >= 11 is 0. The smallest absolute Gasteiger partial charge is 0.239 e. The van der Waals surface area contributed by atoms with Gasteiger partial charge in [-0.15, -0.1) is 0 Å². The molecule has 2 aromatic rings. The van der Waals surface area contributed by atoms with E-state index in [2.05, 4.69) is 20.7 Å². The molecule has 1 aliphatic carbocycles. The molecule has 1 aromatic heterocycles. The molecule has 0 saturated heterocycles. The number of hydrazine groups is 1. The molecule has 0 atom stereocenters. The monoisotopic (exact) mass is 259 g/mol. The summed E-state index contributed by atoms with van der Waals surface area (Å²) < 4.78 is 0. The molecular formula is C13H17N5O. The van der Waals surface area contributed by atoms with E-state index in [0.717, 1.165) is 30.2 Å². The first-order valence-corrected chi connectivity index (χ1v) is 6.39. The second kappa shape index (κ2) is 4.64. The van der Waals surface area contributed by atoms with Gasteiger partial charge in [-0.05, 0) is 31.4 Å². The highest BCUT2D eigenvalue weighted by molar-refractivity contribution is 5.90. The van der Waals surface area contributed by atoms with Gasteiger partial charge in [0.1, 0.15) is 5.82 Å². The van der Waals surface area contributed by atoms with Crippen LogP contribution in [-0.4, -0.2) is 27.2 Å². The first kappa shape index (κ1) is 12.1. The average molecular weight is 259 g/mol. The number of nitrogen functional groups attached to an aromatic ring is 1. The molecule has 0 radical (unpaired) electrons. The molecule has 1 aliphatic rings. The Hall–Kier alpha value is -1.92. The minimum Gasteiger partial charge on any atom is -0.394 e. The second-order valence-corrected chi connectivity index (χ2v) is 4.97. The lowest BCUT2D eigenvalue weighted by Gasteiger charge is -2.41. The zero-order valence-corrected chi connectivity index (χ0v) is 10.6. The van der Waals surface area contributed by atoms with Crippen LogP contribution >= 0.6 is 0 Å². The maximum atomic E-state index is 9.55. The first-order valence-electron chi connectivity index (χ1n) is 6.39. The maximum absolute atomic E-state index is 9.55. The topological polar surface area (TPSA) is 96.1 Å². The van der Waals surface area contributed by atoms with Gasteiger partial charge in [0.2, 0.25) is 5.95 Å². The number of rotatable bonds is 4. The number of hydrogen-bond donors (Lipinski definition) is 4. The molecule has 0 amide bonds. The summed E-state index contributed by atoms with van der Waals surface area (Å²) in [7, 11) is 0. The highest BCUT2D eigenvalue weighted by Gasteiger charge is 2.37. The van der Waals surface area contributed by atoms with Gasteiger partial charge in [-0.3, -0.25) is 5.43 Å². The summed E-state index contributed by atoms with van der Waals surface area (Å²) in [5.74, 6) is 6.48. The van der Waals surface area contributed by atoms with Crippen molar-refractivity contribution in [3.63, 3.8) is 0 Å². The van der Waals surface area contributed by atoms with E-state index in [1.165, 1.54) is 0 Å². The Morgan fingerprint density at radius 2 is 2.05 bits per heavy atom. The lowest BCUT2D eigenvalue weighted by molar-refractivity contribution is 0.144. The fourth-order valence-corrected chi connectivity index (χ4v) is 2.41. The predicted molar refractivity (Wildman–Crippen MR) is 74.6 cm³/mol. The van der Waals surface area contributed by atoms with Gasteiger partial charge in [0.05, 0.1) is 17.7 Å². The standard InChI is InChI=1S/C13H17N5O/c14-18-12-15-10-5-2-1-4-9(10)11(16-12)17-13(8-19)6-3-7-13/h1-2,4-5,19H,3,6-8,14H2,(H2,15,16,17,18). The number of aliphatic hydroxyl groups is 1. The van der Waals surface area contributed by atoms with Crippen LogP contribution in [0.1, 0.15) is 19.3 Å². The molecule has 1 heterocycles. The normalized spacial score (nSPS) is 16.9. The molecule has 19 heavy (non-hydrogen) atoms. The van der Waals surface area contributed by atoms with Crippen LogP contribution in [0.15, 0.2) is 24.3 Å². The molecule has 0 aliphatic heterocycles. The van der Waals surface area contributed by atoms with Crippen molar-refractivity contribution in [2.24, 2.45) is 5.84 Å². The summed E-state index contributed by atoms with van der Waals surface area (Å²) in [6.45, 7) is 0.108. The molecule has 0 bridgehead atoms. The van der Waals surface area contributed by atoms with Gasteiger partial charge >= 0.3 is 0 Å². The number of anilines is 2. The van der Waals surface area contributed by atoms with Crippen molar-refractivity contribution in [3.05, 3.63) is 24.3 Å². The van der Waals surface area contributed by atoms with Crippen molar-refractivity contribution >= 4 is 22.7 Å². The van der Waals surface area contributed by atoms with Crippen molar-refractivity contribution in [2.75, 3.05) is 17.3 Å². The number of nitrogens with zero attached hydrogens (tertiary/aromatic N) is 2. The molecule has 0 spiro atoms. The molecule has 1 fully saturated rings. The number of hydrogen-bond acceptors (Lipinski definition) is 6. The van der Waals surface area contributed by atoms with Gasteiger partial charge in [0.25, 0.3) is 0 Å². The van der Waals surface area contributed by atoms with Crippen LogP contribution in [0, 0.1) is 0 Å². The number of nitrogens with one attached hydrogen (secondary N) is 2. The van der Waals surface area contributed by atoms with Crippen molar-refractivity contribution in [1.82, 2.24) is 9.97 Å². The third kappa shape index (κ3) is 2.09. The number of aliphatic hydroxyl groups excluding tert-OH is 1. The molecule has 1 saturated carbocycles. The average Bonchev–Trinajstić information content (AvgIpc) is 2.42. The van der Waals surface area contributed by atoms with Crippen molar-refractivity contribution in [1.29, 1.82) is 0 Å². The van der Waals surface area contributed by atoms with E-state index in [1.54, 1.807) is 0 Å². The van der Waals surface area contributed by atoms with Gasteiger partial charge in [-0.1, -0.05) is 12.1 Å². The third-order valence-corrected chi connectivity index (χ3v) is 3.73.